The molecule has 1 heterocycles. The van der Waals surface area contributed by atoms with Gasteiger partial charge in [-0.05, 0) is 26.3 Å². The minimum atomic E-state index is -0.147. The number of likely N-dealkylation sites (tertiary alicyclic amines) is 1. The Kier molecular flexibility index (Phi) is 5.41. The van der Waals surface area contributed by atoms with E-state index >= 15 is 0 Å². The van der Waals surface area contributed by atoms with Crippen LogP contribution in [0.25, 0.3) is 0 Å². The molecule has 116 valence electrons. The van der Waals surface area contributed by atoms with Crippen LogP contribution in [-0.2, 0) is 14.3 Å². The largest absolute Gasteiger partial charge is 0.380 e. The van der Waals surface area contributed by atoms with Crippen molar-refractivity contribution in [2.24, 2.45) is 0 Å². The Morgan fingerprint density at radius 2 is 2.00 bits per heavy atom. The third-order valence-electron chi connectivity index (χ3n) is 4.93. The monoisotopic (exact) mass is 284 g/mol. The SMILES string of the molecule is CO[C@H]1C[C@@H](C(=O)NCC2(OC)CCCCC2)N(C)C1. The van der Waals surface area contributed by atoms with E-state index in [0.717, 1.165) is 25.8 Å². The summed E-state index contributed by atoms with van der Waals surface area (Å²) in [6, 6.07) is -0.0718. The van der Waals surface area contributed by atoms with Crippen molar-refractivity contribution in [3.05, 3.63) is 0 Å². The molecule has 2 atom stereocenters. The van der Waals surface area contributed by atoms with Gasteiger partial charge in [-0.1, -0.05) is 19.3 Å². The summed E-state index contributed by atoms with van der Waals surface area (Å²) in [6.45, 7) is 1.45. The van der Waals surface area contributed by atoms with Crippen LogP contribution in [0.1, 0.15) is 38.5 Å². The summed E-state index contributed by atoms with van der Waals surface area (Å²) in [5.41, 5.74) is -0.147. The van der Waals surface area contributed by atoms with E-state index in [-0.39, 0.29) is 23.7 Å². The maximum atomic E-state index is 12.4. The Bertz CT molecular complexity index is 329. The number of carbonyl (C=O) groups is 1. The topological polar surface area (TPSA) is 50.8 Å². The number of carbonyl (C=O) groups excluding carboxylic acids is 1. The van der Waals surface area contributed by atoms with Crippen LogP contribution < -0.4 is 5.32 Å². The van der Waals surface area contributed by atoms with Gasteiger partial charge in [0.25, 0.3) is 0 Å². The first kappa shape index (κ1) is 15.7. The molecule has 0 aromatic carbocycles. The van der Waals surface area contributed by atoms with Crippen molar-refractivity contribution in [3.63, 3.8) is 0 Å². The number of methoxy groups -OCH3 is 2. The van der Waals surface area contributed by atoms with Crippen molar-refractivity contribution < 1.29 is 14.3 Å². The van der Waals surface area contributed by atoms with Crippen molar-refractivity contribution in [1.29, 1.82) is 0 Å². The van der Waals surface area contributed by atoms with Gasteiger partial charge in [-0.25, -0.2) is 0 Å². The maximum absolute atomic E-state index is 12.4. The van der Waals surface area contributed by atoms with Gasteiger partial charge in [-0.15, -0.1) is 0 Å². The van der Waals surface area contributed by atoms with Gasteiger partial charge in [0.15, 0.2) is 0 Å². The highest BCUT2D eigenvalue weighted by atomic mass is 16.5. The van der Waals surface area contributed by atoms with E-state index in [2.05, 4.69) is 10.2 Å². The number of ether oxygens (including phenoxy) is 2. The zero-order chi connectivity index (χ0) is 14.6. The second-order valence-electron chi connectivity index (χ2n) is 6.21. The molecule has 0 radical (unpaired) electrons. The van der Waals surface area contributed by atoms with Crippen LogP contribution in [0.3, 0.4) is 0 Å². The van der Waals surface area contributed by atoms with E-state index in [4.69, 9.17) is 9.47 Å². The highest BCUT2D eigenvalue weighted by Gasteiger charge is 2.37. The third kappa shape index (κ3) is 3.51. The van der Waals surface area contributed by atoms with Gasteiger partial charge in [0, 0.05) is 27.3 Å². The highest BCUT2D eigenvalue weighted by molar-refractivity contribution is 5.82. The van der Waals surface area contributed by atoms with E-state index in [0.29, 0.717) is 6.54 Å². The first-order valence-corrected chi connectivity index (χ1v) is 7.66. The van der Waals surface area contributed by atoms with Crippen LogP contribution in [0.15, 0.2) is 0 Å². The average molecular weight is 284 g/mol. The van der Waals surface area contributed by atoms with Crippen molar-refractivity contribution in [2.45, 2.75) is 56.3 Å². The van der Waals surface area contributed by atoms with Crippen molar-refractivity contribution >= 4 is 5.91 Å². The molecule has 0 bridgehead atoms. The molecule has 20 heavy (non-hydrogen) atoms. The molecule has 1 aliphatic heterocycles. The lowest BCUT2D eigenvalue weighted by Crippen LogP contribution is -2.50. The van der Waals surface area contributed by atoms with E-state index in [1.54, 1.807) is 14.2 Å². The van der Waals surface area contributed by atoms with Crippen LogP contribution in [0.2, 0.25) is 0 Å². The summed E-state index contributed by atoms with van der Waals surface area (Å²) >= 11 is 0. The molecule has 2 aliphatic rings. The Morgan fingerprint density at radius 1 is 1.30 bits per heavy atom. The molecule has 2 rings (SSSR count). The molecule has 5 nitrogen and oxygen atoms in total. The van der Waals surface area contributed by atoms with Gasteiger partial charge in [-0.3, -0.25) is 9.69 Å². The zero-order valence-corrected chi connectivity index (χ0v) is 13.0. The van der Waals surface area contributed by atoms with E-state index in [1.165, 1.54) is 19.3 Å². The predicted octanol–water partition coefficient (Wildman–Crippen LogP) is 1.17. The molecule has 0 unspecified atom stereocenters. The van der Waals surface area contributed by atoms with Gasteiger partial charge in [0.05, 0.1) is 17.7 Å². The summed E-state index contributed by atoms with van der Waals surface area (Å²) < 4.78 is 11.1. The predicted molar refractivity (Wildman–Crippen MR) is 77.7 cm³/mol. The molecule has 1 N–H and O–H groups in total. The quantitative estimate of drug-likeness (QED) is 0.823. The summed E-state index contributed by atoms with van der Waals surface area (Å²) in [6.07, 6.45) is 6.70. The van der Waals surface area contributed by atoms with Crippen LogP contribution in [-0.4, -0.2) is 62.9 Å². The minimum absolute atomic E-state index is 0.0718. The number of likely N-dealkylation sites (N-methyl/N-ethyl adjacent to an activating group) is 1. The highest BCUT2D eigenvalue weighted by Crippen LogP contribution is 2.30. The fraction of sp³-hybridized carbons (Fsp3) is 0.933. The van der Waals surface area contributed by atoms with Crippen molar-refractivity contribution in [2.75, 3.05) is 34.4 Å². The Labute approximate surface area is 122 Å². The van der Waals surface area contributed by atoms with Crippen LogP contribution >= 0.6 is 0 Å². The summed E-state index contributed by atoms with van der Waals surface area (Å²) in [5, 5.41) is 3.10. The first-order chi connectivity index (χ1) is 9.60. The second-order valence-corrected chi connectivity index (χ2v) is 6.21. The molecule has 1 saturated heterocycles. The lowest BCUT2D eigenvalue weighted by Gasteiger charge is -2.36. The minimum Gasteiger partial charge on any atom is -0.380 e. The Hall–Kier alpha value is -0.650. The third-order valence-corrected chi connectivity index (χ3v) is 4.93. The summed E-state index contributed by atoms with van der Waals surface area (Å²) in [5.74, 6) is 0.106. The molecule has 1 amide bonds. The van der Waals surface area contributed by atoms with Crippen molar-refractivity contribution in [3.8, 4) is 0 Å². The van der Waals surface area contributed by atoms with Gasteiger partial charge < -0.3 is 14.8 Å². The number of amides is 1. The lowest BCUT2D eigenvalue weighted by atomic mass is 9.84. The summed E-state index contributed by atoms with van der Waals surface area (Å²) in [7, 11) is 5.46. The molecular weight excluding hydrogens is 256 g/mol. The van der Waals surface area contributed by atoms with E-state index < -0.39 is 0 Å². The van der Waals surface area contributed by atoms with Crippen molar-refractivity contribution in [1.82, 2.24) is 10.2 Å². The molecule has 0 aromatic heterocycles. The lowest BCUT2D eigenvalue weighted by molar-refractivity contribution is -0.127. The molecule has 0 spiro atoms. The van der Waals surface area contributed by atoms with E-state index in [1.807, 2.05) is 7.05 Å². The average Bonchev–Trinajstić information content (AvgIpc) is 2.87. The Morgan fingerprint density at radius 3 is 2.55 bits per heavy atom. The molecule has 0 aromatic rings. The molecule has 2 fully saturated rings. The molecular formula is C15H28N2O3. The standard InChI is InChI=1S/C15H28N2O3/c1-17-10-12(19-2)9-13(17)14(18)16-11-15(20-3)7-5-4-6-8-15/h12-13H,4-11H2,1-3H3,(H,16,18)/t12-,13-/m0/s1. The fourth-order valence-corrected chi connectivity index (χ4v) is 3.45. The number of nitrogens with zero attached hydrogens (tertiary/aromatic N) is 1. The second kappa shape index (κ2) is 6.87. The van der Waals surface area contributed by atoms with Gasteiger partial charge in [-0.2, -0.15) is 0 Å². The van der Waals surface area contributed by atoms with Crippen LogP contribution in [0.5, 0.6) is 0 Å². The van der Waals surface area contributed by atoms with Gasteiger partial charge >= 0.3 is 0 Å². The normalized spacial score (nSPS) is 30.4. The zero-order valence-electron chi connectivity index (χ0n) is 13.0. The van der Waals surface area contributed by atoms with Crippen LogP contribution in [0.4, 0.5) is 0 Å². The Balaban J connectivity index is 1.85. The molecule has 1 aliphatic carbocycles. The van der Waals surface area contributed by atoms with Crippen LogP contribution in [0, 0.1) is 0 Å². The summed E-state index contributed by atoms with van der Waals surface area (Å²) in [4.78, 5) is 14.4. The maximum Gasteiger partial charge on any atom is 0.237 e. The smallest absolute Gasteiger partial charge is 0.237 e. The number of hydrogen-bond acceptors (Lipinski definition) is 4. The fourth-order valence-electron chi connectivity index (χ4n) is 3.45. The van der Waals surface area contributed by atoms with E-state index in [9.17, 15) is 4.79 Å². The first-order valence-electron chi connectivity index (χ1n) is 7.66. The molecule has 5 heteroatoms. The number of rotatable bonds is 5. The number of nitrogens with one attached hydrogen (secondary N) is 1. The number of hydrogen-bond donors (Lipinski definition) is 1. The molecule has 1 saturated carbocycles. The van der Waals surface area contributed by atoms with Gasteiger partial charge in [0.2, 0.25) is 5.91 Å². The van der Waals surface area contributed by atoms with Gasteiger partial charge in [0.1, 0.15) is 0 Å².